The molecule has 0 aromatic rings. The third kappa shape index (κ3) is 15.4. The van der Waals surface area contributed by atoms with Crippen LogP contribution in [0.25, 0.3) is 0 Å². The second-order valence-corrected chi connectivity index (χ2v) is 11.5. The lowest BCUT2D eigenvalue weighted by molar-refractivity contribution is 0.282. The van der Waals surface area contributed by atoms with E-state index in [2.05, 4.69) is 47.8 Å². The topological polar surface area (TPSA) is 20.2 Å². The molecular weight excluding hydrogens is 400 g/mol. The van der Waals surface area contributed by atoms with Gasteiger partial charge in [0, 0.05) is 6.61 Å². The van der Waals surface area contributed by atoms with Crippen molar-refractivity contribution in [2.75, 3.05) is 6.61 Å². The van der Waals surface area contributed by atoms with Crippen LogP contribution in [0.3, 0.4) is 0 Å². The first-order chi connectivity index (χ1) is 7.56. The van der Waals surface area contributed by atoms with Crippen LogP contribution in [-0.4, -0.2) is 13.9 Å². The van der Waals surface area contributed by atoms with Crippen LogP contribution in [0.5, 0.6) is 0 Å². The van der Waals surface area contributed by atoms with Crippen molar-refractivity contribution in [1.82, 2.24) is 0 Å². The summed E-state index contributed by atoms with van der Waals surface area (Å²) in [6, 6.07) is 0. The summed E-state index contributed by atoms with van der Waals surface area (Å²) >= 11 is 10.5. The van der Waals surface area contributed by atoms with E-state index in [1.54, 1.807) is 0 Å². The summed E-state index contributed by atoms with van der Waals surface area (Å²) < 4.78 is -0.0444. The number of aliphatic hydroxyl groups excluding tert-OH is 1. The van der Waals surface area contributed by atoms with Crippen molar-refractivity contribution in [2.24, 2.45) is 0 Å². The van der Waals surface area contributed by atoms with E-state index in [-0.39, 0.29) is 2.14 Å². The molecule has 1 N–H and O–H groups in total. The summed E-state index contributed by atoms with van der Waals surface area (Å²) in [5, 5.41) is 8.62. The lowest BCUT2D eigenvalue weighted by Gasteiger charge is -2.10. The van der Waals surface area contributed by atoms with Crippen molar-refractivity contribution in [3.8, 4) is 0 Å². The molecule has 0 bridgehead atoms. The average molecular weight is 423 g/mol. The van der Waals surface area contributed by atoms with E-state index in [0.29, 0.717) is 6.61 Å². The van der Waals surface area contributed by atoms with E-state index in [0.717, 1.165) is 12.8 Å². The minimum absolute atomic E-state index is 0.0444. The first-order valence-corrected chi connectivity index (χ1v) is 8.62. The van der Waals surface area contributed by atoms with Gasteiger partial charge in [0.25, 0.3) is 0 Å². The van der Waals surface area contributed by atoms with Gasteiger partial charge < -0.3 is 5.11 Å². The molecule has 0 saturated carbocycles. The van der Waals surface area contributed by atoms with Gasteiger partial charge in [-0.25, -0.2) is 0 Å². The number of alkyl halides is 3. The Bertz CT molecular complexity index is 146. The number of aliphatic hydroxyl groups is 1. The molecule has 0 aromatic carbocycles. The summed E-state index contributed by atoms with van der Waals surface area (Å²) in [7, 11) is 0. The predicted octanol–water partition coefficient (Wildman–Crippen LogP) is 5.72. The van der Waals surface area contributed by atoms with E-state index >= 15 is 0 Å². The molecule has 16 heavy (non-hydrogen) atoms. The smallest absolute Gasteiger partial charge is 0.135 e. The predicted molar refractivity (Wildman–Crippen MR) is 82.8 cm³/mol. The van der Waals surface area contributed by atoms with Gasteiger partial charge >= 0.3 is 0 Å². The number of unbranched alkanes of at least 4 members (excludes halogenated alkanes) is 8. The van der Waals surface area contributed by atoms with Gasteiger partial charge in [-0.1, -0.05) is 99.2 Å². The molecule has 0 aliphatic heterocycles. The molecule has 0 fully saturated rings. The average Bonchev–Trinajstić information content (AvgIpc) is 2.19. The second kappa shape index (κ2) is 11.5. The highest BCUT2D eigenvalue weighted by Crippen LogP contribution is 2.38. The Kier molecular flexibility index (Phi) is 12.5. The van der Waals surface area contributed by atoms with E-state index in [9.17, 15) is 0 Å². The van der Waals surface area contributed by atoms with Gasteiger partial charge in [0.1, 0.15) is 2.14 Å². The third-order valence-corrected chi connectivity index (χ3v) is 3.81. The number of halogens is 3. The summed E-state index contributed by atoms with van der Waals surface area (Å²) in [6.45, 7) is 0.355. The molecular formula is C12H23Br3O. The van der Waals surface area contributed by atoms with Crippen LogP contribution in [0, 0.1) is 0 Å². The largest absolute Gasteiger partial charge is 0.396 e. The maximum atomic E-state index is 8.62. The number of rotatable bonds is 10. The van der Waals surface area contributed by atoms with Gasteiger partial charge in [0.2, 0.25) is 0 Å². The molecule has 98 valence electrons. The number of hydrogen-bond acceptors (Lipinski definition) is 1. The normalized spacial score (nSPS) is 12.0. The summed E-state index contributed by atoms with van der Waals surface area (Å²) in [4.78, 5) is 0. The fourth-order valence-corrected chi connectivity index (χ4v) is 2.52. The molecule has 1 nitrogen and oxygen atoms in total. The molecule has 4 heteroatoms. The van der Waals surface area contributed by atoms with Crippen molar-refractivity contribution < 1.29 is 5.11 Å². The second-order valence-electron chi connectivity index (χ2n) is 4.27. The molecule has 0 amide bonds. The van der Waals surface area contributed by atoms with Crippen molar-refractivity contribution in [3.63, 3.8) is 0 Å². The van der Waals surface area contributed by atoms with Crippen LogP contribution >= 0.6 is 47.8 Å². The number of hydrogen-bond donors (Lipinski definition) is 1. The van der Waals surface area contributed by atoms with Gasteiger partial charge in [0.15, 0.2) is 0 Å². The van der Waals surface area contributed by atoms with Crippen LogP contribution in [-0.2, 0) is 0 Å². The Hall–Kier alpha value is 1.40. The van der Waals surface area contributed by atoms with Crippen LogP contribution in [0.1, 0.15) is 64.2 Å². The van der Waals surface area contributed by atoms with Crippen molar-refractivity contribution in [1.29, 1.82) is 0 Å². The molecule has 0 saturated heterocycles. The van der Waals surface area contributed by atoms with Gasteiger partial charge in [-0.3, -0.25) is 0 Å². The maximum Gasteiger partial charge on any atom is 0.135 e. The van der Waals surface area contributed by atoms with Crippen LogP contribution in [0.15, 0.2) is 0 Å². The molecule has 0 aliphatic carbocycles. The monoisotopic (exact) mass is 420 g/mol. The minimum atomic E-state index is -0.0444. The molecule has 0 rings (SSSR count). The van der Waals surface area contributed by atoms with Gasteiger partial charge in [-0.05, 0) is 12.8 Å². The van der Waals surface area contributed by atoms with Crippen molar-refractivity contribution in [2.45, 2.75) is 66.4 Å². The van der Waals surface area contributed by atoms with Gasteiger partial charge in [0.05, 0.1) is 0 Å². The molecule has 0 aromatic heterocycles. The summed E-state index contributed by atoms with van der Waals surface area (Å²) in [5.41, 5.74) is 0. The molecule has 0 atom stereocenters. The molecule has 0 spiro atoms. The first-order valence-electron chi connectivity index (χ1n) is 6.24. The fourth-order valence-electron chi connectivity index (χ4n) is 1.67. The minimum Gasteiger partial charge on any atom is -0.396 e. The van der Waals surface area contributed by atoms with Crippen LogP contribution in [0.2, 0.25) is 0 Å². The molecule has 0 unspecified atom stereocenters. The third-order valence-electron chi connectivity index (χ3n) is 2.62. The van der Waals surface area contributed by atoms with E-state index in [1.807, 2.05) is 0 Å². The van der Waals surface area contributed by atoms with Gasteiger partial charge in [-0.2, -0.15) is 0 Å². The summed E-state index contributed by atoms with van der Waals surface area (Å²) in [6.07, 6.45) is 12.5. The zero-order valence-corrected chi connectivity index (χ0v) is 14.6. The lowest BCUT2D eigenvalue weighted by Crippen LogP contribution is -1.98. The Morgan fingerprint density at radius 3 is 1.38 bits per heavy atom. The molecule has 0 heterocycles. The van der Waals surface area contributed by atoms with Gasteiger partial charge in [-0.15, -0.1) is 0 Å². The lowest BCUT2D eigenvalue weighted by atomic mass is 10.1. The Labute approximate surface area is 125 Å². The molecule has 0 aliphatic rings. The fraction of sp³-hybridized carbons (Fsp3) is 1.00. The van der Waals surface area contributed by atoms with E-state index < -0.39 is 0 Å². The Morgan fingerprint density at radius 2 is 1.00 bits per heavy atom. The Morgan fingerprint density at radius 1 is 0.625 bits per heavy atom. The SMILES string of the molecule is OCCCCCCCCCCCC(Br)(Br)Br. The zero-order chi connectivity index (χ0) is 12.3. The Balaban J connectivity index is 2.99. The summed E-state index contributed by atoms with van der Waals surface area (Å²) in [5.74, 6) is 0. The van der Waals surface area contributed by atoms with Crippen molar-refractivity contribution in [3.05, 3.63) is 0 Å². The highest BCUT2D eigenvalue weighted by molar-refractivity contribution is 9.39. The first kappa shape index (κ1) is 17.4. The zero-order valence-electron chi connectivity index (χ0n) is 9.86. The van der Waals surface area contributed by atoms with Crippen LogP contribution < -0.4 is 0 Å². The maximum absolute atomic E-state index is 8.62. The van der Waals surface area contributed by atoms with Crippen LogP contribution in [0.4, 0.5) is 0 Å². The molecule has 0 radical (unpaired) electrons. The van der Waals surface area contributed by atoms with Crippen molar-refractivity contribution >= 4 is 47.8 Å². The standard InChI is InChI=1S/C12H23Br3O/c13-12(14,15)10-8-6-4-2-1-3-5-7-9-11-16/h16H,1-11H2. The quantitative estimate of drug-likeness (QED) is 0.352. The highest BCUT2D eigenvalue weighted by Gasteiger charge is 2.15. The van der Waals surface area contributed by atoms with E-state index in [1.165, 1.54) is 51.4 Å². The van der Waals surface area contributed by atoms with E-state index in [4.69, 9.17) is 5.11 Å². The highest BCUT2D eigenvalue weighted by atomic mass is 80.0.